The maximum Gasteiger partial charge on any atom is 0.244 e. The van der Waals surface area contributed by atoms with Crippen molar-refractivity contribution >= 4 is 17.3 Å². The van der Waals surface area contributed by atoms with Gasteiger partial charge in [0.15, 0.2) is 0 Å². The highest BCUT2D eigenvalue weighted by Gasteiger charge is 2.05. The van der Waals surface area contributed by atoms with Crippen LogP contribution in [0.3, 0.4) is 0 Å². The molecule has 0 aliphatic rings. The van der Waals surface area contributed by atoms with E-state index in [1.165, 1.54) is 0 Å². The Hall–Kier alpha value is -1.75. The summed E-state index contributed by atoms with van der Waals surface area (Å²) in [5, 5.41) is 0.968. The number of fused-ring (bicyclic) bond motifs is 1. The molecular formula is C9H6N4S. The lowest BCUT2D eigenvalue weighted by molar-refractivity contribution is 1.27. The molecule has 0 aliphatic carbocycles. The molecule has 0 atom stereocenters. The zero-order valence-corrected chi connectivity index (χ0v) is 7.98. The molecule has 0 N–H and O–H groups in total. The first-order valence-electron chi connectivity index (χ1n) is 4.14. The smallest absolute Gasteiger partial charge is 0.244 e. The molecule has 0 aromatic carbocycles. The molecule has 0 bridgehead atoms. The zero-order chi connectivity index (χ0) is 9.38. The van der Waals surface area contributed by atoms with Crippen LogP contribution in [0.4, 0.5) is 0 Å². The summed E-state index contributed by atoms with van der Waals surface area (Å²) in [6.07, 6.45) is 7.17. The van der Waals surface area contributed by atoms with Crippen molar-refractivity contribution in [3.8, 4) is 10.6 Å². The molecule has 3 aromatic heterocycles. The van der Waals surface area contributed by atoms with E-state index in [-0.39, 0.29) is 0 Å². The van der Waals surface area contributed by atoms with Crippen LogP contribution in [0.25, 0.3) is 16.3 Å². The summed E-state index contributed by atoms with van der Waals surface area (Å²) in [5.41, 5.74) is 1.08. The molecule has 14 heavy (non-hydrogen) atoms. The lowest BCUT2D eigenvalue weighted by Gasteiger charge is -1.90. The Labute approximate surface area is 84.0 Å². The van der Waals surface area contributed by atoms with Gasteiger partial charge in [-0.15, -0.1) is 0 Å². The van der Waals surface area contributed by atoms with Gasteiger partial charge in [0.05, 0.1) is 0 Å². The molecular weight excluding hydrogens is 196 g/mol. The van der Waals surface area contributed by atoms with E-state index in [0.29, 0.717) is 0 Å². The number of hydrogen-bond acceptors (Lipinski definition) is 4. The van der Waals surface area contributed by atoms with Gasteiger partial charge in [-0.25, -0.2) is 8.77 Å². The van der Waals surface area contributed by atoms with E-state index >= 15 is 0 Å². The number of nitrogens with zero attached hydrogens (tertiary/aromatic N) is 4. The van der Waals surface area contributed by atoms with Crippen molar-refractivity contribution < 1.29 is 0 Å². The van der Waals surface area contributed by atoms with E-state index in [1.54, 1.807) is 30.1 Å². The maximum absolute atomic E-state index is 4.39. The van der Waals surface area contributed by atoms with Gasteiger partial charge in [0, 0.05) is 30.4 Å². The molecule has 0 saturated heterocycles. The third kappa shape index (κ3) is 1.10. The molecule has 0 amide bonds. The van der Waals surface area contributed by atoms with Gasteiger partial charge < -0.3 is 0 Å². The predicted octanol–water partition coefficient (Wildman–Crippen LogP) is 1.85. The number of rotatable bonds is 1. The summed E-state index contributed by atoms with van der Waals surface area (Å²) < 4.78 is 1.94. The van der Waals surface area contributed by atoms with Crippen LogP contribution in [0.5, 0.6) is 0 Å². The van der Waals surface area contributed by atoms with Gasteiger partial charge >= 0.3 is 0 Å². The van der Waals surface area contributed by atoms with Crippen LogP contribution in [0.15, 0.2) is 36.9 Å². The van der Waals surface area contributed by atoms with E-state index in [9.17, 15) is 0 Å². The van der Waals surface area contributed by atoms with E-state index in [4.69, 9.17) is 0 Å². The van der Waals surface area contributed by atoms with Gasteiger partial charge in [0.25, 0.3) is 0 Å². The minimum absolute atomic E-state index is 0.752. The molecule has 4 nitrogen and oxygen atoms in total. The predicted molar refractivity (Wildman–Crippen MR) is 54.1 cm³/mol. The highest BCUT2D eigenvalue weighted by Crippen LogP contribution is 2.22. The van der Waals surface area contributed by atoms with Crippen LogP contribution in [0.2, 0.25) is 0 Å². The van der Waals surface area contributed by atoms with Crippen LogP contribution in [0, 0.1) is 0 Å². The van der Waals surface area contributed by atoms with Crippen molar-refractivity contribution in [2.24, 2.45) is 0 Å². The van der Waals surface area contributed by atoms with Gasteiger partial charge in [0.2, 0.25) is 5.78 Å². The van der Waals surface area contributed by atoms with Crippen molar-refractivity contribution in [3.63, 3.8) is 0 Å². The molecule has 0 aliphatic heterocycles. The monoisotopic (exact) mass is 202 g/mol. The van der Waals surface area contributed by atoms with Crippen LogP contribution in [0.1, 0.15) is 0 Å². The standard InChI is InChI=1S/C9H6N4S/c1-3-10-4-2-7(1)8-12-9-11-5-6-13(9)14-8/h1-6H. The van der Waals surface area contributed by atoms with Gasteiger partial charge in [-0.3, -0.25) is 4.98 Å². The van der Waals surface area contributed by atoms with Crippen LogP contribution in [-0.2, 0) is 0 Å². The average Bonchev–Trinajstić information content (AvgIpc) is 2.78. The second-order valence-electron chi connectivity index (χ2n) is 2.80. The van der Waals surface area contributed by atoms with Gasteiger partial charge in [0.1, 0.15) is 5.01 Å². The quantitative estimate of drug-likeness (QED) is 0.604. The van der Waals surface area contributed by atoms with Crippen molar-refractivity contribution in [2.75, 3.05) is 0 Å². The number of imidazole rings is 1. The Balaban J connectivity index is 2.19. The average molecular weight is 202 g/mol. The summed E-state index contributed by atoms with van der Waals surface area (Å²) >= 11 is 1.57. The van der Waals surface area contributed by atoms with Gasteiger partial charge in [-0.1, -0.05) is 0 Å². The minimum Gasteiger partial charge on any atom is -0.265 e. The fraction of sp³-hybridized carbons (Fsp3) is 0. The lowest BCUT2D eigenvalue weighted by Crippen LogP contribution is -1.76. The first-order valence-corrected chi connectivity index (χ1v) is 4.91. The highest BCUT2D eigenvalue weighted by molar-refractivity contribution is 7.10. The summed E-state index contributed by atoms with van der Waals surface area (Å²) in [4.78, 5) is 12.5. The highest BCUT2D eigenvalue weighted by atomic mass is 32.1. The Bertz CT molecular complexity index is 526. The summed E-state index contributed by atoms with van der Waals surface area (Å²) in [6.45, 7) is 0. The molecule has 3 aromatic rings. The Morgan fingerprint density at radius 3 is 2.79 bits per heavy atom. The van der Waals surface area contributed by atoms with Crippen LogP contribution >= 0.6 is 11.5 Å². The molecule has 5 heteroatoms. The summed E-state index contributed by atoms with van der Waals surface area (Å²) in [6, 6.07) is 3.89. The molecule has 0 saturated carbocycles. The largest absolute Gasteiger partial charge is 0.265 e. The number of aromatic nitrogens is 4. The molecule has 0 spiro atoms. The van der Waals surface area contributed by atoms with Crippen molar-refractivity contribution in [2.45, 2.75) is 0 Å². The Morgan fingerprint density at radius 1 is 1.14 bits per heavy atom. The summed E-state index contributed by atoms with van der Waals surface area (Å²) in [7, 11) is 0. The lowest BCUT2D eigenvalue weighted by atomic mass is 10.3. The normalized spacial score (nSPS) is 10.9. The molecule has 3 rings (SSSR count). The molecule has 68 valence electrons. The van der Waals surface area contributed by atoms with E-state index < -0.39 is 0 Å². The first kappa shape index (κ1) is 7.64. The van der Waals surface area contributed by atoms with Crippen LogP contribution in [-0.4, -0.2) is 18.7 Å². The molecule has 0 radical (unpaired) electrons. The summed E-state index contributed by atoms with van der Waals surface area (Å²) in [5.74, 6) is 0.752. The van der Waals surface area contributed by atoms with E-state index in [1.807, 2.05) is 22.1 Å². The molecule has 3 heterocycles. The third-order valence-corrected chi connectivity index (χ3v) is 2.88. The topological polar surface area (TPSA) is 43.1 Å². The fourth-order valence-electron chi connectivity index (χ4n) is 1.25. The SMILES string of the molecule is c1cc(-c2nc3nccn3s2)ccn1. The zero-order valence-electron chi connectivity index (χ0n) is 7.16. The van der Waals surface area contributed by atoms with Crippen LogP contribution < -0.4 is 0 Å². The maximum atomic E-state index is 4.39. The van der Waals surface area contributed by atoms with Crippen molar-refractivity contribution in [3.05, 3.63) is 36.9 Å². The Kier molecular flexibility index (Phi) is 1.57. The second-order valence-corrected chi connectivity index (χ2v) is 3.76. The number of pyridine rings is 1. The first-order chi connectivity index (χ1) is 6.93. The van der Waals surface area contributed by atoms with Gasteiger partial charge in [-0.2, -0.15) is 4.98 Å². The fourth-order valence-corrected chi connectivity index (χ4v) is 2.08. The van der Waals surface area contributed by atoms with Crippen molar-refractivity contribution in [1.29, 1.82) is 0 Å². The van der Waals surface area contributed by atoms with E-state index in [0.717, 1.165) is 16.3 Å². The van der Waals surface area contributed by atoms with E-state index in [2.05, 4.69) is 15.0 Å². The second kappa shape index (κ2) is 2.88. The molecule has 0 fully saturated rings. The van der Waals surface area contributed by atoms with Crippen molar-refractivity contribution in [1.82, 2.24) is 18.7 Å². The molecule has 0 unspecified atom stereocenters. The number of hydrogen-bond donors (Lipinski definition) is 0. The Morgan fingerprint density at radius 2 is 2.00 bits per heavy atom. The van der Waals surface area contributed by atoms with Gasteiger partial charge in [-0.05, 0) is 23.7 Å². The minimum atomic E-state index is 0.752. The third-order valence-electron chi connectivity index (χ3n) is 1.90.